The minimum absolute atomic E-state index is 0.688. The second kappa shape index (κ2) is 5.55. The van der Waals surface area contributed by atoms with Gasteiger partial charge in [0.15, 0.2) is 0 Å². The van der Waals surface area contributed by atoms with Crippen LogP contribution in [0.2, 0.25) is 0 Å². The highest BCUT2D eigenvalue weighted by Gasteiger charge is 2.26. The maximum absolute atomic E-state index is 10.6. The van der Waals surface area contributed by atoms with Crippen molar-refractivity contribution in [2.24, 2.45) is 0 Å². The second-order valence-electron chi connectivity index (χ2n) is 4.55. The van der Waals surface area contributed by atoms with Crippen LogP contribution in [0.4, 0.5) is 0 Å². The number of aryl methyl sites for hydroxylation is 1. The smallest absolute Gasteiger partial charge is 0.124 e. The molecule has 96 valence electrons. The molecule has 0 aliphatic rings. The van der Waals surface area contributed by atoms with E-state index in [9.17, 15) is 5.11 Å². The van der Waals surface area contributed by atoms with Gasteiger partial charge in [0, 0.05) is 10.4 Å². The van der Waals surface area contributed by atoms with Crippen molar-refractivity contribution in [1.29, 1.82) is 0 Å². The summed E-state index contributed by atoms with van der Waals surface area (Å²) in [5.41, 5.74) is -0.0135. The zero-order chi connectivity index (χ0) is 13.0. The molecule has 0 aliphatic carbocycles. The molecule has 0 radical (unpaired) electrons. The summed E-state index contributed by atoms with van der Waals surface area (Å²) in [4.78, 5) is 1.30. The van der Waals surface area contributed by atoms with Gasteiger partial charge < -0.3 is 9.84 Å². The molecule has 0 aliphatic heterocycles. The molecule has 0 amide bonds. The Morgan fingerprint density at radius 3 is 2.67 bits per heavy atom. The van der Waals surface area contributed by atoms with Gasteiger partial charge >= 0.3 is 0 Å². The van der Waals surface area contributed by atoms with Gasteiger partial charge in [-0.15, -0.1) is 11.3 Å². The first kappa shape index (κ1) is 13.1. The molecule has 0 bridgehead atoms. The average Bonchev–Trinajstić information content (AvgIpc) is 2.89. The minimum atomic E-state index is -0.864. The van der Waals surface area contributed by atoms with Crippen molar-refractivity contribution in [1.82, 2.24) is 0 Å². The van der Waals surface area contributed by atoms with Crippen LogP contribution in [0.15, 0.2) is 41.8 Å². The molecule has 1 N–H and O–H groups in total. The van der Waals surface area contributed by atoms with Gasteiger partial charge in [-0.05, 0) is 37.3 Å². The van der Waals surface area contributed by atoms with E-state index in [1.165, 1.54) is 4.88 Å². The number of hydrogen-bond donors (Lipinski definition) is 1. The summed E-state index contributed by atoms with van der Waals surface area (Å²) in [6.45, 7) is 1.85. The standard InChI is InChI=1S/C15H18O2S/c1-15(16,10-9-12-6-5-11-18-12)13-7-3-4-8-14(13)17-2/h3-8,11,16H,9-10H2,1-2H3. The number of para-hydroxylation sites is 1. The quantitative estimate of drug-likeness (QED) is 0.892. The van der Waals surface area contributed by atoms with Gasteiger partial charge in [0.05, 0.1) is 12.7 Å². The molecule has 1 aromatic carbocycles. The fourth-order valence-electron chi connectivity index (χ4n) is 2.05. The average molecular weight is 262 g/mol. The Kier molecular flexibility index (Phi) is 4.04. The lowest BCUT2D eigenvalue weighted by Crippen LogP contribution is -2.22. The molecule has 2 aromatic rings. The monoisotopic (exact) mass is 262 g/mol. The number of benzene rings is 1. The van der Waals surface area contributed by atoms with E-state index in [-0.39, 0.29) is 0 Å². The molecule has 2 rings (SSSR count). The summed E-state index contributed by atoms with van der Waals surface area (Å²) in [6, 6.07) is 11.8. The summed E-state index contributed by atoms with van der Waals surface area (Å²) < 4.78 is 5.31. The van der Waals surface area contributed by atoms with Crippen molar-refractivity contribution in [3.05, 3.63) is 52.2 Å². The molecule has 3 heteroatoms. The fourth-order valence-corrected chi connectivity index (χ4v) is 2.75. The Bertz CT molecular complexity index is 489. The van der Waals surface area contributed by atoms with Crippen LogP contribution in [-0.4, -0.2) is 12.2 Å². The molecule has 0 saturated carbocycles. The maximum Gasteiger partial charge on any atom is 0.124 e. The molecule has 0 spiro atoms. The van der Waals surface area contributed by atoms with Gasteiger partial charge in [-0.1, -0.05) is 24.3 Å². The van der Waals surface area contributed by atoms with E-state index in [1.807, 2.05) is 37.3 Å². The number of ether oxygens (including phenoxy) is 1. The highest BCUT2D eigenvalue weighted by atomic mass is 32.1. The van der Waals surface area contributed by atoms with Crippen molar-refractivity contribution in [3.8, 4) is 5.75 Å². The zero-order valence-electron chi connectivity index (χ0n) is 10.7. The van der Waals surface area contributed by atoms with Crippen LogP contribution in [0, 0.1) is 0 Å². The molecular formula is C15H18O2S. The third-order valence-corrected chi connectivity index (χ3v) is 4.06. The van der Waals surface area contributed by atoms with E-state index in [0.29, 0.717) is 6.42 Å². The number of aliphatic hydroxyl groups is 1. The molecule has 1 atom stereocenters. The normalized spacial score (nSPS) is 14.2. The van der Waals surface area contributed by atoms with Gasteiger partial charge in [-0.2, -0.15) is 0 Å². The molecule has 0 fully saturated rings. The molecule has 2 nitrogen and oxygen atoms in total. The van der Waals surface area contributed by atoms with E-state index in [4.69, 9.17) is 4.74 Å². The van der Waals surface area contributed by atoms with Crippen LogP contribution in [-0.2, 0) is 12.0 Å². The number of rotatable bonds is 5. The van der Waals surface area contributed by atoms with Crippen molar-refractivity contribution in [2.75, 3.05) is 7.11 Å². The number of hydrogen-bond acceptors (Lipinski definition) is 3. The lowest BCUT2D eigenvalue weighted by atomic mass is 9.90. The number of thiophene rings is 1. The molecule has 1 aromatic heterocycles. The first-order chi connectivity index (χ1) is 8.63. The summed E-state index contributed by atoms with van der Waals surface area (Å²) in [6.07, 6.45) is 1.57. The Balaban J connectivity index is 2.14. The van der Waals surface area contributed by atoms with Crippen molar-refractivity contribution < 1.29 is 9.84 Å². The minimum Gasteiger partial charge on any atom is -0.496 e. The Morgan fingerprint density at radius 1 is 1.22 bits per heavy atom. The van der Waals surface area contributed by atoms with Gasteiger partial charge in [0.1, 0.15) is 5.75 Å². The lowest BCUT2D eigenvalue weighted by molar-refractivity contribution is 0.0457. The van der Waals surface area contributed by atoms with Gasteiger partial charge in [-0.3, -0.25) is 0 Å². The van der Waals surface area contributed by atoms with E-state index in [1.54, 1.807) is 18.4 Å². The molecule has 18 heavy (non-hydrogen) atoms. The Labute approximate surface area is 112 Å². The summed E-state index contributed by atoms with van der Waals surface area (Å²) in [5.74, 6) is 0.744. The number of methoxy groups -OCH3 is 1. The SMILES string of the molecule is COc1ccccc1C(C)(O)CCc1cccs1. The maximum atomic E-state index is 10.6. The third-order valence-electron chi connectivity index (χ3n) is 3.13. The summed E-state index contributed by atoms with van der Waals surface area (Å²) in [5, 5.41) is 12.7. The van der Waals surface area contributed by atoms with E-state index in [0.717, 1.165) is 17.7 Å². The van der Waals surface area contributed by atoms with Crippen LogP contribution in [0.5, 0.6) is 5.75 Å². The first-order valence-electron chi connectivity index (χ1n) is 6.02. The van der Waals surface area contributed by atoms with Crippen molar-refractivity contribution in [3.63, 3.8) is 0 Å². The van der Waals surface area contributed by atoms with Crippen LogP contribution in [0.1, 0.15) is 23.8 Å². The molecule has 1 heterocycles. The van der Waals surface area contributed by atoms with Crippen LogP contribution in [0.25, 0.3) is 0 Å². The molecule has 1 unspecified atom stereocenters. The zero-order valence-corrected chi connectivity index (χ0v) is 11.5. The van der Waals surface area contributed by atoms with Gasteiger partial charge in [0.2, 0.25) is 0 Å². The predicted octanol–water partition coefficient (Wildman–Crippen LogP) is 3.60. The van der Waals surface area contributed by atoms with E-state index < -0.39 is 5.60 Å². The molecule has 0 saturated heterocycles. The highest BCUT2D eigenvalue weighted by molar-refractivity contribution is 7.09. The van der Waals surface area contributed by atoms with Crippen LogP contribution < -0.4 is 4.74 Å². The second-order valence-corrected chi connectivity index (χ2v) is 5.59. The van der Waals surface area contributed by atoms with Crippen LogP contribution in [0.3, 0.4) is 0 Å². The summed E-state index contributed by atoms with van der Waals surface area (Å²) >= 11 is 1.73. The fraction of sp³-hybridized carbons (Fsp3) is 0.333. The third kappa shape index (κ3) is 2.92. The van der Waals surface area contributed by atoms with Crippen molar-refractivity contribution >= 4 is 11.3 Å². The Hall–Kier alpha value is -1.32. The largest absolute Gasteiger partial charge is 0.496 e. The van der Waals surface area contributed by atoms with E-state index in [2.05, 4.69) is 11.4 Å². The van der Waals surface area contributed by atoms with E-state index >= 15 is 0 Å². The highest BCUT2D eigenvalue weighted by Crippen LogP contribution is 2.33. The van der Waals surface area contributed by atoms with Crippen LogP contribution >= 0.6 is 11.3 Å². The first-order valence-corrected chi connectivity index (χ1v) is 6.90. The van der Waals surface area contributed by atoms with Gasteiger partial charge in [-0.25, -0.2) is 0 Å². The lowest BCUT2D eigenvalue weighted by Gasteiger charge is -2.25. The van der Waals surface area contributed by atoms with Crippen molar-refractivity contribution in [2.45, 2.75) is 25.4 Å². The van der Waals surface area contributed by atoms with Gasteiger partial charge in [0.25, 0.3) is 0 Å². The predicted molar refractivity (Wildman–Crippen MR) is 75.2 cm³/mol. The molecular weight excluding hydrogens is 244 g/mol. The topological polar surface area (TPSA) is 29.5 Å². The Morgan fingerprint density at radius 2 is 2.00 bits per heavy atom. The summed E-state index contributed by atoms with van der Waals surface area (Å²) in [7, 11) is 1.63.